The maximum atomic E-state index is 12.5. The number of benzene rings is 2. The first kappa shape index (κ1) is 18.2. The molecular weight excluding hydrogens is 339 g/mol. The van der Waals surface area contributed by atoms with Crippen molar-refractivity contribution in [2.75, 3.05) is 6.26 Å². The summed E-state index contributed by atoms with van der Waals surface area (Å²) < 4.78 is 48.7. The summed E-state index contributed by atoms with van der Waals surface area (Å²) in [6, 6.07) is 11.4. The molecule has 1 N–H and O–H groups in total. The number of carbonyl (C=O) groups is 1. The summed E-state index contributed by atoms with van der Waals surface area (Å²) in [5.41, 5.74) is 1.06. The Balaban J connectivity index is 1.99. The van der Waals surface area contributed by atoms with Crippen LogP contribution < -0.4 is 5.32 Å². The highest BCUT2D eigenvalue weighted by Gasteiger charge is 2.29. The van der Waals surface area contributed by atoms with Crippen LogP contribution in [0.2, 0.25) is 0 Å². The second kappa shape index (κ2) is 7.61. The topological polar surface area (TPSA) is 46.2 Å². The average molecular weight is 355 g/mol. The molecule has 0 bridgehead atoms. The van der Waals surface area contributed by atoms with Crippen LogP contribution in [-0.2, 0) is 29.3 Å². The average Bonchev–Trinajstić information content (AvgIpc) is 2.52. The quantitative estimate of drug-likeness (QED) is 0.892. The van der Waals surface area contributed by atoms with E-state index in [1.165, 1.54) is 12.1 Å². The Labute approximate surface area is 140 Å². The zero-order valence-corrected chi connectivity index (χ0v) is 13.7. The summed E-state index contributed by atoms with van der Waals surface area (Å²) in [4.78, 5) is 12.1. The van der Waals surface area contributed by atoms with Crippen molar-refractivity contribution in [3.8, 4) is 0 Å². The molecule has 7 heteroatoms. The molecule has 0 heterocycles. The largest absolute Gasteiger partial charge is 0.416 e. The van der Waals surface area contributed by atoms with Gasteiger partial charge in [-0.25, -0.2) is 0 Å². The fourth-order valence-corrected chi connectivity index (χ4v) is 2.78. The van der Waals surface area contributed by atoms with Crippen molar-refractivity contribution in [2.45, 2.75) is 18.5 Å². The highest BCUT2D eigenvalue weighted by atomic mass is 32.2. The van der Waals surface area contributed by atoms with Gasteiger partial charge in [-0.05, 0) is 35.4 Å². The van der Waals surface area contributed by atoms with Crippen molar-refractivity contribution in [1.82, 2.24) is 5.32 Å². The Hall–Kier alpha value is -2.15. The molecule has 0 aliphatic heterocycles. The molecule has 0 saturated heterocycles. The van der Waals surface area contributed by atoms with E-state index in [9.17, 15) is 22.2 Å². The molecule has 2 aromatic carbocycles. The summed E-state index contributed by atoms with van der Waals surface area (Å²) >= 11 is 0. The van der Waals surface area contributed by atoms with E-state index in [2.05, 4.69) is 5.32 Å². The number of rotatable bonds is 5. The highest BCUT2D eigenvalue weighted by molar-refractivity contribution is 7.83. The molecule has 0 aliphatic rings. The van der Waals surface area contributed by atoms with Gasteiger partial charge >= 0.3 is 6.18 Å². The van der Waals surface area contributed by atoms with Gasteiger partial charge in [-0.15, -0.1) is 0 Å². The zero-order chi connectivity index (χ0) is 17.7. The third-order valence-electron chi connectivity index (χ3n) is 3.29. The Morgan fingerprint density at radius 2 is 1.75 bits per heavy atom. The van der Waals surface area contributed by atoms with Gasteiger partial charge in [0.25, 0.3) is 5.91 Å². The summed E-state index contributed by atoms with van der Waals surface area (Å²) in [5.74, 6) is 0.0265. The molecule has 0 aromatic heterocycles. The number of carbonyl (C=O) groups excluding carboxylic acids is 1. The minimum absolute atomic E-state index is 0.126. The number of amides is 1. The van der Waals surface area contributed by atoms with Gasteiger partial charge < -0.3 is 5.32 Å². The Bertz CT molecular complexity index is 742. The van der Waals surface area contributed by atoms with Gasteiger partial charge in [0.05, 0.1) is 5.56 Å². The normalized spacial score (nSPS) is 12.7. The third kappa shape index (κ3) is 5.19. The molecule has 3 nitrogen and oxygen atoms in total. The van der Waals surface area contributed by atoms with Crippen LogP contribution in [0.5, 0.6) is 0 Å². The van der Waals surface area contributed by atoms with Crippen LogP contribution in [0.25, 0.3) is 0 Å². The summed E-state index contributed by atoms with van der Waals surface area (Å²) in [7, 11) is -1.00. The van der Waals surface area contributed by atoms with E-state index in [-0.39, 0.29) is 12.5 Å². The molecule has 2 aromatic rings. The molecule has 0 saturated carbocycles. The first-order valence-corrected chi connectivity index (χ1v) is 8.82. The Morgan fingerprint density at radius 3 is 2.33 bits per heavy atom. The minimum Gasteiger partial charge on any atom is -0.348 e. The summed E-state index contributed by atoms with van der Waals surface area (Å²) in [6.45, 7) is 0.126. The van der Waals surface area contributed by atoms with E-state index < -0.39 is 22.5 Å². The third-order valence-corrected chi connectivity index (χ3v) is 4.03. The van der Waals surface area contributed by atoms with Gasteiger partial charge in [0.1, 0.15) is 0 Å². The van der Waals surface area contributed by atoms with Crippen molar-refractivity contribution in [2.24, 2.45) is 0 Å². The lowest BCUT2D eigenvalue weighted by Crippen LogP contribution is -2.23. The van der Waals surface area contributed by atoms with Crippen LogP contribution in [-0.4, -0.2) is 16.4 Å². The van der Waals surface area contributed by atoms with Gasteiger partial charge in [-0.2, -0.15) is 13.2 Å². The van der Waals surface area contributed by atoms with Gasteiger partial charge in [-0.3, -0.25) is 9.00 Å². The summed E-state index contributed by atoms with van der Waals surface area (Å²) in [6.07, 6.45) is -2.79. The van der Waals surface area contributed by atoms with E-state index in [4.69, 9.17) is 0 Å². The first-order valence-electron chi connectivity index (χ1n) is 7.09. The molecule has 1 atom stereocenters. The van der Waals surface area contributed by atoms with Gasteiger partial charge in [-0.1, -0.05) is 24.3 Å². The van der Waals surface area contributed by atoms with E-state index in [0.29, 0.717) is 16.9 Å². The summed E-state index contributed by atoms with van der Waals surface area (Å²) in [5, 5.41) is 2.66. The lowest BCUT2D eigenvalue weighted by molar-refractivity contribution is -0.137. The molecule has 1 unspecified atom stereocenters. The molecule has 0 radical (unpaired) electrons. The van der Waals surface area contributed by atoms with E-state index in [1.807, 2.05) is 0 Å². The maximum absolute atomic E-state index is 12.5. The van der Waals surface area contributed by atoms with Crippen LogP contribution in [0.1, 0.15) is 27.0 Å². The van der Waals surface area contributed by atoms with Crippen molar-refractivity contribution >= 4 is 16.7 Å². The van der Waals surface area contributed by atoms with Crippen molar-refractivity contribution in [3.05, 3.63) is 70.8 Å². The van der Waals surface area contributed by atoms with E-state index in [0.717, 1.165) is 17.7 Å². The Kier molecular flexibility index (Phi) is 5.77. The van der Waals surface area contributed by atoms with Crippen LogP contribution >= 0.6 is 0 Å². The molecule has 2 rings (SSSR count). The van der Waals surface area contributed by atoms with Crippen molar-refractivity contribution in [1.29, 1.82) is 0 Å². The fraction of sp³-hybridized carbons (Fsp3) is 0.235. The number of halogens is 3. The van der Waals surface area contributed by atoms with E-state index in [1.54, 1.807) is 30.5 Å². The standard InChI is InChI=1S/C17H16F3NO2S/c1-24(23)11-13-3-2-4-14(9-13)16(22)21-10-12-5-7-15(8-6-12)17(18,19)20/h2-9H,10-11H2,1H3,(H,21,22). The van der Waals surface area contributed by atoms with Crippen LogP contribution in [0.15, 0.2) is 48.5 Å². The number of alkyl halides is 3. The van der Waals surface area contributed by atoms with Crippen molar-refractivity contribution < 1.29 is 22.2 Å². The SMILES string of the molecule is CS(=O)Cc1cccc(C(=O)NCc2ccc(C(F)(F)F)cc2)c1. The maximum Gasteiger partial charge on any atom is 0.416 e. The first-order chi connectivity index (χ1) is 11.3. The lowest BCUT2D eigenvalue weighted by Gasteiger charge is -2.09. The monoisotopic (exact) mass is 355 g/mol. The molecule has 24 heavy (non-hydrogen) atoms. The second-order valence-corrected chi connectivity index (χ2v) is 6.73. The predicted octanol–water partition coefficient (Wildman–Crippen LogP) is 3.51. The van der Waals surface area contributed by atoms with Crippen molar-refractivity contribution in [3.63, 3.8) is 0 Å². The highest BCUT2D eigenvalue weighted by Crippen LogP contribution is 2.29. The number of nitrogens with one attached hydrogen (secondary N) is 1. The number of hydrogen-bond donors (Lipinski definition) is 1. The molecule has 0 aliphatic carbocycles. The van der Waals surface area contributed by atoms with Crippen LogP contribution in [0.4, 0.5) is 13.2 Å². The van der Waals surface area contributed by atoms with E-state index >= 15 is 0 Å². The molecule has 0 fully saturated rings. The zero-order valence-electron chi connectivity index (χ0n) is 12.9. The van der Waals surface area contributed by atoms with Crippen LogP contribution in [0, 0.1) is 0 Å². The lowest BCUT2D eigenvalue weighted by atomic mass is 10.1. The molecular formula is C17H16F3NO2S. The van der Waals surface area contributed by atoms with Crippen LogP contribution in [0.3, 0.4) is 0 Å². The van der Waals surface area contributed by atoms with Gasteiger partial charge in [0, 0.05) is 34.9 Å². The van der Waals surface area contributed by atoms with Gasteiger partial charge in [0.2, 0.25) is 0 Å². The molecule has 0 spiro atoms. The van der Waals surface area contributed by atoms with Gasteiger partial charge in [0.15, 0.2) is 0 Å². The Morgan fingerprint density at radius 1 is 1.08 bits per heavy atom. The fourth-order valence-electron chi connectivity index (χ4n) is 2.13. The smallest absolute Gasteiger partial charge is 0.348 e. The molecule has 1 amide bonds. The predicted molar refractivity (Wildman–Crippen MR) is 86.8 cm³/mol. The minimum atomic E-state index is -4.37. The number of hydrogen-bond acceptors (Lipinski definition) is 2. The second-order valence-electron chi connectivity index (χ2n) is 5.30. The molecule has 128 valence electrons.